The number of aromatic nitrogens is 2. The van der Waals surface area contributed by atoms with E-state index in [0.29, 0.717) is 17.8 Å². The van der Waals surface area contributed by atoms with E-state index in [4.69, 9.17) is 0 Å². The Labute approximate surface area is 194 Å². The number of aliphatic hydroxyl groups is 1. The number of unbranched alkanes of at least 4 members (excludes halogenated alkanes) is 1. The molecule has 1 unspecified atom stereocenters. The van der Waals surface area contributed by atoms with Crippen molar-refractivity contribution >= 4 is 18.4 Å². The number of carbonyl (C=O) groups is 1. The molecule has 6 nitrogen and oxygen atoms in total. The number of carboxylic acid groups (broad SMARTS) is 1. The summed E-state index contributed by atoms with van der Waals surface area (Å²) in [6.45, 7) is 3.84. The molecule has 7 heteroatoms. The van der Waals surface area contributed by atoms with Crippen LogP contribution < -0.4 is 0 Å². The van der Waals surface area contributed by atoms with E-state index in [9.17, 15) is 20.3 Å². The van der Waals surface area contributed by atoms with Crippen LogP contribution in [0.4, 0.5) is 0 Å². The van der Waals surface area contributed by atoms with Crippen molar-refractivity contribution in [2.75, 3.05) is 6.61 Å². The van der Waals surface area contributed by atoms with Gasteiger partial charge in [0, 0.05) is 13.0 Å². The maximum absolute atomic E-state index is 12.0. The maximum Gasteiger partial charge on any atom is 0.336 e. The first-order valence-electron chi connectivity index (χ1n) is 10.4. The number of aromatic carboxylic acids is 1. The van der Waals surface area contributed by atoms with Gasteiger partial charge in [0.25, 0.3) is 0 Å². The number of rotatable bonds is 9. The molecule has 0 saturated carbocycles. The first kappa shape index (κ1) is 25.1. The first-order valence-corrected chi connectivity index (χ1v) is 10.4. The molecular weight excluding hydrogens is 426 g/mol. The summed E-state index contributed by atoms with van der Waals surface area (Å²) in [6.07, 6.45) is 4.36. The van der Waals surface area contributed by atoms with E-state index in [-0.39, 0.29) is 24.6 Å². The number of hydrogen-bond donors (Lipinski definition) is 2. The van der Waals surface area contributed by atoms with Crippen LogP contribution in [0.15, 0.2) is 54.7 Å². The standard InChI is InChI=1S/C25H27N3O3.ClH/c1-3-4-10-23-27-14-22(25(2,16-26)17-29)28(23)15-18-11-12-20(21(13-18)24(30)31)19-8-6-5-7-9-19;/h5-9,11-14,29H,3-4,10,15,17H2,1-2H3,(H,30,31);1H. The summed E-state index contributed by atoms with van der Waals surface area (Å²) >= 11 is 0. The maximum atomic E-state index is 12.0. The van der Waals surface area contributed by atoms with Crippen molar-refractivity contribution in [1.82, 2.24) is 9.55 Å². The van der Waals surface area contributed by atoms with Crippen LogP contribution in [-0.4, -0.2) is 32.3 Å². The van der Waals surface area contributed by atoms with E-state index in [1.54, 1.807) is 19.2 Å². The molecule has 0 aliphatic heterocycles. The highest BCUT2D eigenvalue weighted by Gasteiger charge is 2.31. The van der Waals surface area contributed by atoms with Gasteiger partial charge in [-0.1, -0.05) is 55.8 Å². The smallest absolute Gasteiger partial charge is 0.336 e. The van der Waals surface area contributed by atoms with Gasteiger partial charge in [-0.2, -0.15) is 5.26 Å². The van der Waals surface area contributed by atoms with Crippen LogP contribution in [0.5, 0.6) is 0 Å². The summed E-state index contributed by atoms with van der Waals surface area (Å²) in [5.74, 6) is -0.161. The largest absolute Gasteiger partial charge is 0.478 e. The molecule has 0 aliphatic carbocycles. The summed E-state index contributed by atoms with van der Waals surface area (Å²) in [4.78, 5) is 16.5. The first-order chi connectivity index (χ1) is 14.9. The highest BCUT2D eigenvalue weighted by atomic mass is 35.5. The molecule has 2 aromatic carbocycles. The van der Waals surface area contributed by atoms with Crippen LogP contribution >= 0.6 is 12.4 Å². The van der Waals surface area contributed by atoms with Gasteiger partial charge >= 0.3 is 5.97 Å². The lowest BCUT2D eigenvalue weighted by atomic mass is 9.89. The number of nitrogens with zero attached hydrogens (tertiary/aromatic N) is 3. The van der Waals surface area contributed by atoms with Crippen LogP contribution in [0.2, 0.25) is 0 Å². The SMILES string of the molecule is CCCCc1ncc(C(C)(C#N)CO)n1Cc1ccc(-c2ccccc2)c(C(=O)O)c1.Cl. The van der Waals surface area contributed by atoms with E-state index in [1.165, 1.54) is 0 Å². The summed E-state index contributed by atoms with van der Waals surface area (Å²) in [7, 11) is 0. The summed E-state index contributed by atoms with van der Waals surface area (Å²) in [5.41, 5.74) is 2.07. The molecule has 0 saturated heterocycles. The zero-order chi connectivity index (χ0) is 22.4. The van der Waals surface area contributed by atoms with Gasteiger partial charge in [0.1, 0.15) is 11.2 Å². The van der Waals surface area contributed by atoms with Crippen LogP contribution in [0.25, 0.3) is 11.1 Å². The molecule has 168 valence electrons. The second-order valence-electron chi connectivity index (χ2n) is 7.90. The number of aliphatic hydroxyl groups excluding tert-OH is 1. The number of aryl methyl sites for hydroxylation is 1. The fourth-order valence-electron chi connectivity index (χ4n) is 3.66. The van der Waals surface area contributed by atoms with Crippen molar-refractivity contribution in [3.63, 3.8) is 0 Å². The second-order valence-corrected chi connectivity index (χ2v) is 7.90. The molecule has 0 amide bonds. The van der Waals surface area contributed by atoms with Crippen molar-refractivity contribution in [2.45, 2.75) is 45.1 Å². The third-order valence-corrected chi connectivity index (χ3v) is 5.56. The van der Waals surface area contributed by atoms with Gasteiger partial charge < -0.3 is 14.8 Å². The fourth-order valence-corrected chi connectivity index (χ4v) is 3.66. The Hall–Kier alpha value is -3.14. The molecule has 0 spiro atoms. The normalized spacial score (nSPS) is 12.4. The molecule has 3 rings (SSSR count). The summed E-state index contributed by atoms with van der Waals surface area (Å²) in [5, 5.41) is 29.3. The van der Waals surface area contributed by atoms with Crippen molar-refractivity contribution in [2.24, 2.45) is 0 Å². The Kier molecular flexibility index (Phi) is 8.59. The number of hydrogen-bond acceptors (Lipinski definition) is 4. The average Bonchev–Trinajstić information content (AvgIpc) is 3.20. The summed E-state index contributed by atoms with van der Waals surface area (Å²) < 4.78 is 1.94. The number of nitriles is 1. The lowest BCUT2D eigenvalue weighted by molar-refractivity contribution is 0.0697. The van der Waals surface area contributed by atoms with Crippen LogP contribution in [0.3, 0.4) is 0 Å². The minimum atomic E-state index is -1.09. The third kappa shape index (κ3) is 5.18. The fraction of sp³-hybridized carbons (Fsp3) is 0.320. The molecule has 1 heterocycles. The molecule has 3 aromatic rings. The molecule has 0 bridgehead atoms. The van der Waals surface area contributed by atoms with Gasteiger partial charge in [-0.3, -0.25) is 0 Å². The van der Waals surface area contributed by atoms with Crippen LogP contribution in [0.1, 0.15) is 54.1 Å². The predicted molar refractivity (Wildman–Crippen MR) is 126 cm³/mol. The third-order valence-electron chi connectivity index (χ3n) is 5.56. The van der Waals surface area contributed by atoms with Gasteiger partial charge in [0.2, 0.25) is 0 Å². The zero-order valence-electron chi connectivity index (χ0n) is 18.3. The molecule has 0 aliphatic rings. The average molecular weight is 454 g/mol. The lowest BCUT2D eigenvalue weighted by Gasteiger charge is -2.22. The molecule has 1 atom stereocenters. The number of carboxylic acids is 1. The Balaban J connectivity index is 0.00000363. The Morgan fingerprint density at radius 2 is 1.94 bits per heavy atom. The van der Waals surface area contributed by atoms with Gasteiger partial charge in [0.05, 0.1) is 30.1 Å². The Morgan fingerprint density at radius 1 is 1.22 bits per heavy atom. The molecule has 32 heavy (non-hydrogen) atoms. The Bertz CT molecular complexity index is 1110. The van der Waals surface area contributed by atoms with E-state index in [2.05, 4.69) is 18.0 Å². The topological polar surface area (TPSA) is 99.1 Å². The monoisotopic (exact) mass is 453 g/mol. The van der Waals surface area contributed by atoms with Gasteiger partial charge in [-0.05, 0) is 36.1 Å². The van der Waals surface area contributed by atoms with Crippen molar-refractivity contribution < 1.29 is 15.0 Å². The number of imidazole rings is 1. The minimum absolute atomic E-state index is 0. The Morgan fingerprint density at radius 3 is 2.53 bits per heavy atom. The lowest BCUT2D eigenvalue weighted by Crippen LogP contribution is -2.28. The molecule has 2 N–H and O–H groups in total. The van der Waals surface area contributed by atoms with E-state index in [0.717, 1.165) is 36.2 Å². The van der Waals surface area contributed by atoms with Gasteiger partial charge in [0.15, 0.2) is 0 Å². The quantitative estimate of drug-likeness (QED) is 0.483. The molecule has 1 aromatic heterocycles. The highest BCUT2D eigenvalue weighted by Crippen LogP contribution is 2.28. The van der Waals surface area contributed by atoms with Crippen LogP contribution in [-0.2, 0) is 18.4 Å². The zero-order valence-corrected chi connectivity index (χ0v) is 19.1. The molecular formula is C25H28ClN3O3. The predicted octanol–water partition coefficient (Wildman–Crippen LogP) is 4.83. The van der Waals surface area contributed by atoms with Crippen molar-refractivity contribution in [3.8, 4) is 17.2 Å². The second kappa shape index (κ2) is 10.9. The molecule has 0 fully saturated rings. The number of halogens is 1. The van der Waals surface area contributed by atoms with E-state index >= 15 is 0 Å². The van der Waals surface area contributed by atoms with Gasteiger partial charge in [-0.25, -0.2) is 9.78 Å². The number of benzene rings is 2. The van der Waals surface area contributed by atoms with Crippen LogP contribution in [0, 0.1) is 11.3 Å². The van der Waals surface area contributed by atoms with E-state index in [1.807, 2.05) is 47.0 Å². The highest BCUT2D eigenvalue weighted by molar-refractivity contribution is 5.96. The van der Waals surface area contributed by atoms with Gasteiger partial charge in [-0.15, -0.1) is 12.4 Å². The van der Waals surface area contributed by atoms with Crippen molar-refractivity contribution in [3.05, 3.63) is 77.4 Å². The van der Waals surface area contributed by atoms with Crippen molar-refractivity contribution in [1.29, 1.82) is 5.26 Å². The summed E-state index contributed by atoms with van der Waals surface area (Å²) in [6, 6.07) is 17.0. The minimum Gasteiger partial charge on any atom is -0.478 e. The molecule has 0 radical (unpaired) electrons. The van der Waals surface area contributed by atoms with E-state index < -0.39 is 11.4 Å².